The van der Waals surface area contributed by atoms with E-state index in [0.29, 0.717) is 41.6 Å². The van der Waals surface area contributed by atoms with Gasteiger partial charge in [0.05, 0.1) is 24.3 Å². The van der Waals surface area contributed by atoms with E-state index in [1.54, 1.807) is 42.5 Å². The molecule has 1 fully saturated rings. The summed E-state index contributed by atoms with van der Waals surface area (Å²) in [6.07, 6.45) is 0.00534. The van der Waals surface area contributed by atoms with Crippen LogP contribution in [0.25, 0.3) is 5.76 Å². The number of carbonyl (C=O) groups excluding carboxylic acids is 2. The van der Waals surface area contributed by atoms with Crippen LogP contribution in [0.1, 0.15) is 31.0 Å². The highest BCUT2D eigenvalue weighted by atomic mass is 16.6. The highest BCUT2D eigenvalue weighted by Gasteiger charge is 2.46. The predicted octanol–water partition coefficient (Wildman–Crippen LogP) is 3.31. The van der Waals surface area contributed by atoms with Crippen LogP contribution >= 0.6 is 0 Å². The zero-order valence-electron chi connectivity index (χ0n) is 18.9. The molecule has 8 nitrogen and oxygen atoms in total. The van der Waals surface area contributed by atoms with Crippen LogP contribution in [0.2, 0.25) is 0 Å². The Kier molecular flexibility index (Phi) is 6.55. The molecular weight excluding hydrogens is 426 g/mol. The quantitative estimate of drug-likeness (QED) is 0.390. The zero-order chi connectivity index (χ0) is 23.5. The third-order valence-corrected chi connectivity index (χ3v) is 5.46. The summed E-state index contributed by atoms with van der Waals surface area (Å²) in [6.45, 7) is 5.14. The molecule has 1 N–H and O–H groups in total. The first-order valence-corrected chi connectivity index (χ1v) is 10.8. The second-order valence-corrected chi connectivity index (χ2v) is 8.08. The van der Waals surface area contributed by atoms with Gasteiger partial charge in [-0.3, -0.25) is 9.59 Å². The van der Waals surface area contributed by atoms with Crippen molar-refractivity contribution < 1.29 is 33.6 Å². The Morgan fingerprint density at radius 3 is 2.45 bits per heavy atom. The standard InChI is InChI=1S/C25H27NO7/c1-15(2)33-18-7-4-16(5-8-18)23(27)21-22(26(10-11-30-3)25(29)24(21)28)17-6-9-19-20(14-17)32-13-12-31-19/h4-9,14-15,22,27H,10-13H2,1-3H3/b23-21-. The summed E-state index contributed by atoms with van der Waals surface area (Å²) in [7, 11) is 1.52. The number of likely N-dealkylation sites (tertiary alicyclic amines) is 1. The highest BCUT2D eigenvalue weighted by molar-refractivity contribution is 6.46. The topological polar surface area (TPSA) is 94.5 Å². The molecule has 2 heterocycles. The Labute approximate surface area is 192 Å². The molecule has 1 saturated heterocycles. The SMILES string of the molecule is COCCN1C(=O)C(=O)/C(=C(\O)c2ccc(OC(C)C)cc2)C1c1ccc2c(c1)OCCO2. The smallest absolute Gasteiger partial charge is 0.295 e. The summed E-state index contributed by atoms with van der Waals surface area (Å²) >= 11 is 0. The lowest BCUT2D eigenvalue weighted by Gasteiger charge is -2.26. The molecular formula is C25H27NO7. The molecule has 0 aromatic heterocycles. The van der Waals surface area contributed by atoms with E-state index in [1.165, 1.54) is 12.0 Å². The summed E-state index contributed by atoms with van der Waals surface area (Å²) in [5, 5.41) is 11.1. The van der Waals surface area contributed by atoms with Gasteiger partial charge in [-0.2, -0.15) is 0 Å². The third kappa shape index (κ3) is 4.52. The normalized spacial score (nSPS) is 19.3. The molecule has 174 valence electrons. The number of ether oxygens (including phenoxy) is 4. The van der Waals surface area contributed by atoms with Crippen LogP contribution in [0.15, 0.2) is 48.0 Å². The average Bonchev–Trinajstić information content (AvgIpc) is 3.07. The zero-order valence-corrected chi connectivity index (χ0v) is 18.9. The molecule has 33 heavy (non-hydrogen) atoms. The lowest BCUT2D eigenvalue weighted by molar-refractivity contribution is -0.140. The number of amides is 1. The van der Waals surface area contributed by atoms with Crippen molar-refractivity contribution in [1.82, 2.24) is 4.90 Å². The highest BCUT2D eigenvalue weighted by Crippen LogP contribution is 2.42. The summed E-state index contributed by atoms with van der Waals surface area (Å²) in [5.74, 6) is 0.0971. The number of aliphatic hydroxyl groups excluding tert-OH is 1. The van der Waals surface area contributed by atoms with Gasteiger partial charge in [0.2, 0.25) is 0 Å². The van der Waals surface area contributed by atoms with Crippen LogP contribution in [-0.4, -0.2) is 61.3 Å². The van der Waals surface area contributed by atoms with E-state index in [1.807, 2.05) is 13.8 Å². The maximum atomic E-state index is 13.0. The Bertz CT molecular complexity index is 1070. The van der Waals surface area contributed by atoms with E-state index >= 15 is 0 Å². The van der Waals surface area contributed by atoms with Crippen LogP contribution in [-0.2, 0) is 14.3 Å². The lowest BCUT2D eigenvalue weighted by atomic mass is 9.95. The van der Waals surface area contributed by atoms with Gasteiger partial charge in [-0.1, -0.05) is 6.07 Å². The molecule has 0 radical (unpaired) electrons. The van der Waals surface area contributed by atoms with Gasteiger partial charge in [-0.25, -0.2) is 0 Å². The second-order valence-electron chi connectivity index (χ2n) is 8.08. The van der Waals surface area contributed by atoms with Crippen molar-refractivity contribution in [1.29, 1.82) is 0 Å². The lowest BCUT2D eigenvalue weighted by Crippen LogP contribution is -2.32. The summed E-state index contributed by atoms with van der Waals surface area (Å²) in [6, 6.07) is 11.2. The third-order valence-electron chi connectivity index (χ3n) is 5.46. The molecule has 0 bridgehead atoms. The molecule has 1 amide bonds. The van der Waals surface area contributed by atoms with Crippen molar-refractivity contribution in [2.24, 2.45) is 0 Å². The number of fused-ring (bicyclic) bond motifs is 1. The minimum Gasteiger partial charge on any atom is -0.507 e. The number of nitrogens with zero attached hydrogens (tertiary/aromatic N) is 1. The molecule has 4 rings (SSSR count). The maximum absolute atomic E-state index is 13.0. The molecule has 2 aromatic carbocycles. The number of aliphatic hydroxyl groups is 1. The average molecular weight is 453 g/mol. The van der Waals surface area contributed by atoms with Crippen LogP contribution in [0.5, 0.6) is 17.2 Å². The van der Waals surface area contributed by atoms with Crippen LogP contribution in [0.3, 0.4) is 0 Å². The minimum absolute atomic E-state index is 0.00534. The predicted molar refractivity (Wildman–Crippen MR) is 121 cm³/mol. The van der Waals surface area contributed by atoms with Gasteiger partial charge >= 0.3 is 0 Å². The molecule has 0 aliphatic carbocycles. The number of benzene rings is 2. The van der Waals surface area contributed by atoms with Crippen molar-refractivity contribution in [3.05, 3.63) is 59.2 Å². The number of ketones is 1. The fraction of sp³-hybridized carbons (Fsp3) is 0.360. The monoisotopic (exact) mass is 453 g/mol. The Hall–Kier alpha value is -3.52. The maximum Gasteiger partial charge on any atom is 0.295 e. The van der Waals surface area contributed by atoms with Gasteiger partial charge in [-0.15, -0.1) is 0 Å². The molecule has 0 saturated carbocycles. The number of hydrogen-bond donors (Lipinski definition) is 1. The Balaban J connectivity index is 1.78. The summed E-state index contributed by atoms with van der Waals surface area (Å²) in [5.41, 5.74) is 1.07. The van der Waals surface area contributed by atoms with Gasteiger partial charge in [0.25, 0.3) is 11.7 Å². The molecule has 2 aromatic rings. The van der Waals surface area contributed by atoms with Gasteiger partial charge in [0, 0.05) is 19.2 Å². The van der Waals surface area contributed by atoms with Gasteiger partial charge in [0.1, 0.15) is 24.7 Å². The van der Waals surface area contributed by atoms with E-state index in [2.05, 4.69) is 0 Å². The Morgan fingerprint density at radius 1 is 1.09 bits per heavy atom. The molecule has 8 heteroatoms. The number of hydrogen-bond acceptors (Lipinski definition) is 7. The van der Waals surface area contributed by atoms with E-state index in [0.717, 1.165) is 0 Å². The van der Waals surface area contributed by atoms with E-state index in [4.69, 9.17) is 18.9 Å². The molecule has 2 aliphatic rings. The van der Waals surface area contributed by atoms with Crippen LogP contribution in [0.4, 0.5) is 0 Å². The van der Waals surface area contributed by atoms with E-state index in [9.17, 15) is 14.7 Å². The molecule has 2 aliphatic heterocycles. The summed E-state index contributed by atoms with van der Waals surface area (Å²) in [4.78, 5) is 27.4. The van der Waals surface area contributed by atoms with E-state index < -0.39 is 17.7 Å². The van der Waals surface area contributed by atoms with Crippen molar-refractivity contribution in [2.45, 2.75) is 26.0 Å². The largest absolute Gasteiger partial charge is 0.507 e. The number of rotatable bonds is 7. The van der Waals surface area contributed by atoms with Crippen molar-refractivity contribution in [2.75, 3.05) is 33.5 Å². The summed E-state index contributed by atoms with van der Waals surface area (Å²) < 4.78 is 22.1. The number of carbonyl (C=O) groups is 2. The first-order chi connectivity index (χ1) is 15.9. The van der Waals surface area contributed by atoms with Gasteiger partial charge < -0.3 is 29.0 Å². The van der Waals surface area contributed by atoms with Crippen LogP contribution in [0, 0.1) is 0 Å². The molecule has 1 atom stereocenters. The fourth-order valence-corrected chi connectivity index (χ4v) is 4.00. The molecule has 1 unspecified atom stereocenters. The first kappa shape index (κ1) is 22.7. The van der Waals surface area contributed by atoms with Crippen molar-refractivity contribution >= 4 is 17.4 Å². The van der Waals surface area contributed by atoms with Crippen LogP contribution < -0.4 is 14.2 Å². The minimum atomic E-state index is -0.789. The molecule has 0 spiro atoms. The van der Waals surface area contributed by atoms with Gasteiger partial charge in [0.15, 0.2) is 11.5 Å². The fourth-order valence-electron chi connectivity index (χ4n) is 4.00. The number of Topliss-reactive ketones (excluding diaryl/α,β-unsaturated/α-hetero) is 1. The van der Waals surface area contributed by atoms with Crippen molar-refractivity contribution in [3.8, 4) is 17.2 Å². The van der Waals surface area contributed by atoms with E-state index in [-0.39, 0.29) is 30.6 Å². The van der Waals surface area contributed by atoms with Gasteiger partial charge in [-0.05, 0) is 55.8 Å². The first-order valence-electron chi connectivity index (χ1n) is 10.8. The van der Waals surface area contributed by atoms with Crippen molar-refractivity contribution in [3.63, 3.8) is 0 Å². The number of methoxy groups -OCH3 is 1. The Morgan fingerprint density at radius 2 is 1.79 bits per heavy atom. The second kappa shape index (κ2) is 9.54.